The van der Waals surface area contributed by atoms with Crippen LogP contribution >= 0.6 is 0 Å². The van der Waals surface area contributed by atoms with Crippen LogP contribution in [0.4, 0.5) is 0 Å². The van der Waals surface area contributed by atoms with E-state index in [0.29, 0.717) is 5.06 Å². The molecule has 5 nitrogen and oxygen atoms in total. The smallest absolute Gasteiger partial charge is 0.330 e. The van der Waals surface area contributed by atoms with Crippen molar-refractivity contribution in [1.29, 1.82) is 0 Å². The fraction of sp³-hybridized carbons (Fsp3) is 0.842. The largest absolute Gasteiger partial charge is 0.333 e. The Morgan fingerprint density at radius 3 is 1.83 bits per heavy atom. The van der Waals surface area contributed by atoms with Crippen LogP contribution in [-0.4, -0.2) is 22.8 Å². The van der Waals surface area contributed by atoms with E-state index in [0.717, 1.165) is 19.3 Å². The summed E-state index contributed by atoms with van der Waals surface area (Å²) in [5.41, 5.74) is 0.224. The molecule has 0 N–H and O–H groups in total. The van der Waals surface area contributed by atoms with Gasteiger partial charge >= 0.3 is 5.97 Å². The van der Waals surface area contributed by atoms with Crippen molar-refractivity contribution in [3.63, 3.8) is 0 Å². The van der Waals surface area contributed by atoms with Gasteiger partial charge in [0.2, 0.25) is 0 Å². The molecule has 1 aliphatic rings. The molecule has 24 heavy (non-hydrogen) atoms. The van der Waals surface area contributed by atoms with Crippen LogP contribution in [0.2, 0.25) is 0 Å². The summed E-state index contributed by atoms with van der Waals surface area (Å²) in [5, 5.41) is 0.627. The Labute approximate surface area is 146 Å². The zero-order chi connectivity index (χ0) is 18.8. The summed E-state index contributed by atoms with van der Waals surface area (Å²) in [7, 11) is 0. The minimum absolute atomic E-state index is 0.122. The number of hydrogen-bond donors (Lipinski definition) is 0. The van der Waals surface area contributed by atoms with Crippen LogP contribution in [-0.2, 0) is 19.2 Å². The van der Waals surface area contributed by atoms with Crippen LogP contribution in [0.25, 0.3) is 0 Å². The second kappa shape index (κ2) is 7.24. The molecule has 2 amide bonds. The molecular weight excluding hydrogens is 306 g/mol. The molecular formula is C19H33NO4. The molecule has 0 radical (unpaired) electrons. The molecule has 0 bridgehead atoms. The molecule has 0 aromatic rings. The van der Waals surface area contributed by atoms with Crippen molar-refractivity contribution in [3.8, 4) is 0 Å². The molecule has 138 valence electrons. The average Bonchev–Trinajstić information content (AvgIpc) is 2.65. The summed E-state index contributed by atoms with van der Waals surface area (Å²) in [4.78, 5) is 40.1. The van der Waals surface area contributed by atoms with Gasteiger partial charge in [-0.15, -0.1) is 5.06 Å². The quantitative estimate of drug-likeness (QED) is 0.650. The fourth-order valence-electron chi connectivity index (χ4n) is 3.47. The van der Waals surface area contributed by atoms with Crippen LogP contribution in [0.15, 0.2) is 0 Å². The number of hydrogen-bond acceptors (Lipinski definition) is 4. The minimum atomic E-state index is -0.516. The molecule has 1 saturated heterocycles. The van der Waals surface area contributed by atoms with E-state index >= 15 is 0 Å². The van der Waals surface area contributed by atoms with Gasteiger partial charge in [0.05, 0.1) is 6.42 Å². The summed E-state index contributed by atoms with van der Waals surface area (Å²) in [5.74, 6) is -1.38. The van der Waals surface area contributed by atoms with Gasteiger partial charge in [0.15, 0.2) is 0 Å². The lowest BCUT2D eigenvalue weighted by atomic mass is 9.70. The van der Waals surface area contributed by atoms with Crippen molar-refractivity contribution in [2.75, 3.05) is 0 Å². The first-order valence-corrected chi connectivity index (χ1v) is 8.77. The van der Waals surface area contributed by atoms with Crippen molar-refractivity contribution in [2.45, 2.75) is 87.0 Å². The Kier molecular flexibility index (Phi) is 6.23. The SMILES string of the molecule is CC(C)(C)CC(C)(C)CCC(C)(C)CC(=O)ON1C(=O)CCC1=O. The monoisotopic (exact) mass is 339 g/mol. The Morgan fingerprint density at radius 1 is 0.917 bits per heavy atom. The second-order valence-electron chi connectivity index (χ2n) is 9.79. The summed E-state index contributed by atoms with van der Waals surface area (Å²) < 4.78 is 0. The molecule has 0 aliphatic carbocycles. The normalized spacial score (nSPS) is 16.7. The summed E-state index contributed by atoms with van der Waals surface area (Å²) >= 11 is 0. The van der Waals surface area contributed by atoms with Crippen LogP contribution in [0.1, 0.15) is 87.0 Å². The zero-order valence-corrected chi connectivity index (χ0v) is 16.3. The molecule has 1 fully saturated rings. The maximum absolute atomic E-state index is 12.1. The number of hydroxylamine groups is 2. The van der Waals surface area contributed by atoms with E-state index in [9.17, 15) is 14.4 Å². The maximum Gasteiger partial charge on any atom is 0.333 e. The van der Waals surface area contributed by atoms with E-state index in [1.54, 1.807) is 0 Å². The van der Waals surface area contributed by atoms with Gasteiger partial charge in [0, 0.05) is 12.8 Å². The Hall–Kier alpha value is -1.39. The number of amides is 2. The number of rotatable bonds is 7. The van der Waals surface area contributed by atoms with Gasteiger partial charge in [0.1, 0.15) is 0 Å². The lowest BCUT2D eigenvalue weighted by Gasteiger charge is -2.35. The molecule has 1 rings (SSSR count). The second-order valence-corrected chi connectivity index (χ2v) is 9.79. The van der Waals surface area contributed by atoms with Gasteiger partial charge in [-0.05, 0) is 35.5 Å². The van der Waals surface area contributed by atoms with Gasteiger partial charge in [-0.25, -0.2) is 4.79 Å². The van der Waals surface area contributed by atoms with Crippen LogP contribution in [0.3, 0.4) is 0 Å². The third kappa shape index (κ3) is 7.02. The van der Waals surface area contributed by atoms with E-state index in [-0.39, 0.29) is 35.5 Å². The lowest BCUT2D eigenvalue weighted by Crippen LogP contribution is -2.34. The highest BCUT2D eigenvalue weighted by Crippen LogP contribution is 2.40. The predicted molar refractivity (Wildman–Crippen MR) is 92.7 cm³/mol. The molecule has 0 unspecified atom stereocenters. The number of carbonyl (C=O) groups excluding carboxylic acids is 3. The van der Waals surface area contributed by atoms with Gasteiger partial charge in [-0.1, -0.05) is 48.5 Å². The Balaban J connectivity index is 2.52. The fourth-order valence-corrected chi connectivity index (χ4v) is 3.47. The minimum Gasteiger partial charge on any atom is -0.330 e. The highest BCUT2D eigenvalue weighted by Gasteiger charge is 2.35. The Bertz CT molecular complexity index is 484. The van der Waals surface area contributed by atoms with E-state index in [1.807, 2.05) is 13.8 Å². The number of carbonyl (C=O) groups is 3. The average molecular weight is 339 g/mol. The summed E-state index contributed by atoms with van der Waals surface area (Å²) in [6.07, 6.45) is 3.43. The van der Waals surface area contributed by atoms with Crippen molar-refractivity contribution in [1.82, 2.24) is 5.06 Å². The van der Waals surface area contributed by atoms with Crippen molar-refractivity contribution in [3.05, 3.63) is 0 Å². The van der Waals surface area contributed by atoms with Gasteiger partial charge < -0.3 is 4.84 Å². The van der Waals surface area contributed by atoms with Crippen LogP contribution in [0, 0.1) is 16.2 Å². The maximum atomic E-state index is 12.1. The molecule has 1 aliphatic heterocycles. The molecule has 0 atom stereocenters. The highest BCUT2D eigenvalue weighted by atomic mass is 16.7. The van der Waals surface area contributed by atoms with E-state index in [1.165, 1.54) is 0 Å². The molecule has 1 heterocycles. The Morgan fingerprint density at radius 2 is 1.38 bits per heavy atom. The lowest BCUT2D eigenvalue weighted by molar-refractivity contribution is -0.199. The summed E-state index contributed by atoms with van der Waals surface area (Å²) in [6.45, 7) is 15.3. The zero-order valence-electron chi connectivity index (χ0n) is 16.3. The van der Waals surface area contributed by atoms with Crippen LogP contribution in [0.5, 0.6) is 0 Å². The van der Waals surface area contributed by atoms with Gasteiger partial charge in [-0.2, -0.15) is 0 Å². The van der Waals surface area contributed by atoms with Crippen molar-refractivity contribution in [2.24, 2.45) is 16.2 Å². The van der Waals surface area contributed by atoms with Crippen LogP contribution < -0.4 is 0 Å². The first kappa shape index (κ1) is 20.7. The highest BCUT2D eigenvalue weighted by molar-refractivity contribution is 6.01. The number of nitrogens with zero attached hydrogens (tertiary/aromatic N) is 1. The molecule has 0 saturated carbocycles. The van der Waals surface area contributed by atoms with Gasteiger partial charge in [0.25, 0.3) is 11.8 Å². The molecule has 5 heteroatoms. The molecule has 0 aromatic carbocycles. The first-order chi connectivity index (χ1) is 10.7. The number of imide groups is 1. The van der Waals surface area contributed by atoms with Crippen molar-refractivity contribution >= 4 is 17.8 Å². The third-order valence-electron chi connectivity index (χ3n) is 4.31. The topological polar surface area (TPSA) is 63.7 Å². The third-order valence-corrected chi connectivity index (χ3v) is 4.31. The van der Waals surface area contributed by atoms with Crippen molar-refractivity contribution < 1.29 is 19.2 Å². The summed E-state index contributed by atoms with van der Waals surface area (Å²) in [6, 6.07) is 0. The molecule has 0 aromatic heterocycles. The standard InChI is InChI=1S/C19H33NO4/c1-17(2,3)13-19(6,7)11-10-18(4,5)12-16(23)24-20-14(21)8-9-15(20)22/h8-13H2,1-7H3. The van der Waals surface area contributed by atoms with E-state index < -0.39 is 17.8 Å². The van der Waals surface area contributed by atoms with E-state index in [2.05, 4.69) is 34.6 Å². The first-order valence-electron chi connectivity index (χ1n) is 8.77. The predicted octanol–water partition coefficient (Wildman–Crippen LogP) is 4.25. The van der Waals surface area contributed by atoms with E-state index in [4.69, 9.17) is 4.84 Å². The molecule has 0 spiro atoms. The van der Waals surface area contributed by atoms with Gasteiger partial charge in [-0.3, -0.25) is 9.59 Å².